The van der Waals surface area contributed by atoms with Crippen molar-refractivity contribution in [1.29, 1.82) is 0 Å². The molecule has 0 spiro atoms. The van der Waals surface area contributed by atoms with Gasteiger partial charge >= 0.3 is 12.3 Å². The fourth-order valence-corrected chi connectivity index (χ4v) is 2.83. The number of carbonyl (C=O) groups excluding carboxylic acids is 1. The highest BCUT2D eigenvalue weighted by Crippen LogP contribution is 2.26. The molecule has 156 valence electrons. The molecule has 0 saturated carbocycles. The molecule has 0 radical (unpaired) electrons. The van der Waals surface area contributed by atoms with Gasteiger partial charge in [0.05, 0.1) is 30.8 Å². The maximum Gasteiger partial charge on any atom is 0.573 e. The number of carbonyl (C=O) groups is 1. The number of hydrogen-bond acceptors (Lipinski definition) is 6. The topological polar surface area (TPSA) is 79.7 Å². The number of halogens is 3. The molecular formula is C20H15F3N2O5. The molecule has 10 heteroatoms. The molecule has 3 rings (SSSR count). The lowest BCUT2D eigenvalue weighted by molar-refractivity contribution is -0.274. The summed E-state index contributed by atoms with van der Waals surface area (Å²) in [6.07, 6.45) is -4.84. The zero-order chi connectivity index (χ0) is 22.1. The highest BCUT2D eigenvalue weighted by atomic mass is 19.4. The first kappa shape index (κ1) is 20.9. The Morgan fingerprint density at radius 2 is 1.73 bits per heavy atom. The highest BCUT2D eigenvalue weighted by molar-refractivity contribution is 5.96. The van der Waals surface area contributed by atoms with Gasteiger partial charge in [0.2, 0.25) is 11.1 Å². The molecular weight excluding hydrogens is 405 g/mol. The molecule has 7 nitrogen and oxygen atoms in total. The van der Waals surface area contributed by atoms with E-state index in [0.717, 1.165) is 19.2 Å². The summed E-state index contributed by atoms with van der Waals surface area (Å²) in [5, 5.41) is 4.16. The summed E-state index contributed by atoms with van der Waals surface area (Å²) >= 11 is 0. The first-order chi connectivity index (χ1) is 14.2. The minimum atomic E-state index is -4.84. The van der Waals surface area contributed by atoms with Crippen molar-refractivity contribution in [2.24, 2.45) is 0 Å². The molecule has 0 amide bonds. The molecule has 0 aliphatic carbocycles. The van der Waals surface area contributed by atoms with Gasteiger partial charge in [0.1, 0.15) is 11.5 Å². The fraction of sp³-hybridized carbons (Fsp3) is 0.150. The summed E-state index contributed by atoms with van der Waals surface area (Å²) in [5.74, 6) is -1.22. The van der Waals surface area contributed by atoms with Crippen LogP contribution in [-0.2, 0) is 9.47 Å². The molecule has 1 aromatic heterocycles. The minimum Gasteiger partial charge on any atom is -0.497 e. The quantitative estimate of drug-likeness (QED) is 0.463. The van der Waals surface area contributed by atoms with E-state index in [-0.39, 0.29) is 22.3 Å². The van der Waals surface area contributed by atoms with Crippen LogP contribution in [0.5, 0.6) is 5.75 Å². The van der Waals surface area contributed by atoms with Crippen molar-refractivity contribution in [1.82, 2.24) is 9.78 Å². The van der Waals surface area contributed by atoms with Crippen molar-refractivity contribution >= 4 is 22.6 Å². The first-order valence-corrected chi connectivity index (χ1v) is 8.40. The number of esters is 1. The summed E-state index contributed by atoms with van der Waals surface area (Å²) in [4.78, 5) is 25.1. The van der Waals surface area contributed by atoms with E-state index in [2.05, 4.69) is 21.2 Å². The van der Waals surface area contributed by atoms with Crippen LogP contribution in [0.15, 0.2) is 53.8 Å². The van der Waals surface area contributed by atoms with Crippen LogP contribution in [-0.4, -0.2) is 36.3 Å². The Bertz CT molecular complexity index is 1180. The van der Waals surface area contributed by atoms with Gasteiger partial charge in [-0.1, -0.05) is 18.7 Å². The lowest BCUT2D eigenvalue weighted by Gasteiger charge is -2.15. The van der Waals surface area contributed by atoms with Gasteiger partial charge in [0.25, 0.3) is 0 Å². The van der Waals surface area contributed by atoms with Gasteiger partial charge in [-0.15, -0.1) is 13.2 Å². The number of alkyl halides is 3. The largest absolute Gasteiger partial charge is 0.573 e. The van der Waals surface area contributed by atoms with Gasteiger partial charge in [-0.2, -0.15) is 5.10 Å². The van der Waals surface area contributed by atoms with Crippen LogP contribution in [0.1, 0.15) is 16.1 Å². The third kappa shape index (κ3) is 3.97. The van der Waals surface area contributed by atoms with E-state index in [1.807, 2.05) is 0 Å². The second-order valence-electron chi connectivity index (χ2n) is 5.95. The fourth-order valence-electron chi connectivity index (χ4n) is 2.83. The molecule has 1 heterocycles. The van der Waals surface area contributed by atoms with Gasteiger partial charge < -0.3 is 14.2 Å². The Hall–Kier alpha value is -3.82. The monoisotopic (exact) mass is 420 g/mol. The van der Waals surface area contributed by atoms with E-state index in [1.165, 1.54) is 23.9 Å². The van der Waals surface area contributed by atoms with Crippen molar-refractivity contribution < 1.29 is 32.2 Å². The van der Waals surface area contributed by atoms with Crippen molar-refractivity contribution in [2.45, 2.75) is 6.36 Å². The zero-order valence-electron chi connectivity index (χ0n) is 15.8. The Labute approximate surface area is 167 Å². The minimum absolute atomic E-state index is 0.0929. The second-order valence-corrected chi connectivity index (χ2v) is 5.95. The maximum absolute atomic E-state index is 12.9. The summed E-state index contributed by atoms with van der Waals surface area (Å²) in [7, 11) is 2.47. The van der Waals surface area contributed by atoms with Crippen LogP contribution >= 0.6 is 0 Å². The molecule has 30 heavy (non-hydrogen) atoms. The zero-order valence-corrected chi connectivity index (χ0v) is 15.8. The maximum atomic E-state index is 12.9. The van der Waals surface area contributed by atoms with Crippen LogP contribution in [0.25, 0.3) is 22.3 Å². The van der Waals surface area contributed by atoms with E-state index in [0.29, 0.717) is 5.56 Å². The Morgan fingerprint density at radius 1 is 1.07 bits per heavy atom. The number of ether oxygens (including phenoxy) is 3. The van der Waals surface area contributed by atoms with Gasteiger partial charge in [-0.25, -0.2) is 9.48 Å². The smallest absolute Gasteiger partial charge is 0.497 e. The number of hydrogen-bond donors (Lipinski definition) is 0. The number of methoxy groups -OCH3 is 2. The van der Waals surface area contributed by atoms with Crippen LogP contribution in [0.2, 0.25) is 0 Å². The van der Waals surface area contributed by atoms with Crippen molar-refractivity contribution in [2.75, 3.05) is 14.2 Å². The number of nitrogens with zero attached hydrogens (tertiary/aromatic N) is 2. The second kappa shape index (κ2) is 7.90. The third-order valence-electron chi connectivity index (χ3n) is 4.15. The molecule has 3 aromatic rings. The van der Waals surface area contributed by atoms with Gasteiger partial charge in [-0.05, 0) is 30.3 Å². The number of benzene rings is 2. The molecule has 0 bridgehead atoms. The summed E-state index contributed by atoms with van der Waals surface area (Å²) < 4.78 is 52.1. The molecule has 0 aliphatic heterocycles. The highest BCUT2D eigenvalue weighted by Gasteiger charge is 2.31. The SMILES string of the molecule is C=C(OC)c1cccc2c1c(=O)c(C(=O)OC)nn2-c1ccc(OC(F)(F)F)cc1. The van der Waals surface area contributed by atoms with Crippen LogP contribution in [0.3, 0.4) is 0 Å². The first-order valence-electron chi connectivity index (χ1n) is 8.40. The van der Waals surface area contributed by atoms with Crippen molar-refractivity contribution in [3.63, 3.8) is 0 Å². The third-order valence-corrected chi connectivity index (χ3v) is 4.15. The number of rotatable bonds is 5. The molecule has 0 atom stereocenters. The van der Waals surface area contributed by atoms with Crippen molar-refractivity contribution in [3.05, 3.63) is 70.5 Å². The van der Waals surface area contributed by atoms with Crippen LogP contribution in [0, 0.1) is 0 Å². The molecule has 0 unspecified atom stereocenters. The predicted octanol–water partition coefficient (Wildman–Crippen LogP) is 3.69. The number of aromatic nitrogens is 2. The van der Waals surface area contributed by atoms with Gasteiger partial charge in [-0.3, -0.25) is 4.79 Å². The van der Waals surface area contributed by atoms with E-state index in [4.69, 9.17) is 4.74 Å². The normalized spacial score (nSPS) is 11.2. The van der Waals surface area contributed by atoms with E-state index < -0.39 is 29.2 Å². The van der Waals surface area contributed by atoms with Crippen molar-refractivity contribution in [3.8, 4) is 11.4 Å². The molecule has 0 aliphatic rings. The van der Waals surface area contributed by atoms with Crippen LogP contribution in [0.4, 0.5) is 13.2 Å². The summed E-state index contributed by atoms with van der Waals surface area (Å²) in [6, 6.07) is 9.55. The van der Waals surface area contributed by atoms with E-state index in [1.54, 1.807) is 18.2 Å². The molecule has 0 fully saturated rings. The van der Waals surface area contributed by atoms with Gasteiger partial charge in [0.15, 0.2) is 0 Å². The summed E-state index contributed by atoms with van der Waals surface area (Å²) in [5.41, 5.74) is -0.304. The predicted molar refractivity (Wildman–Crippen MR) is 101 cm³/mol. The van der Waals surface area contributed by atoms with Crippen LogP contribution < -0.4 is 10.2 Å². The lowest BCUT2D eigenvalue weighted by atomic mass is 10.1. The average Bonchev–Trinajstić information content (AvgIpc) is 2.72. The standard InChI is InChI=1S/C20H15F3N2O5/c1-11(28-2)14-5-4-6-15-16(14)18(26)17(19(27)29-3)24-25(15)12-7-9-13(10-8-12)30-20(21,22)23/h4-10H,1H2,2-3H3. The molecule has 0 saturated heterocycles. The lowest BCUT2D eigenvalue weighted by Crippen LogP contribution is -2.24. The Morgan fingerprint density at radius 3 is 2.30 bits per heavy atom. The van der Waals surface area contributed by atoms with E-state index in [9.17, 15) is 22.8 Å². The summed E-state index contributed by atoms with van der Waals surface area (Å²) in [6.45, 7) is 3.75. The van der Waals surface area contributed by atoms with Gasteiger partial charge in [0, 0.05) is 5.56 Å². The Kier molecular flexibility index (Phi) is 5.50. The molecule has 0 N–H and O–H groups in total. The number of fused-ring (bicyclic) bond motifs is 1. The average molecular weight is 420 g/mol. The molecule has 2 aromatic carbocycles. The Balaban J connectivity index is 2.29. The van der Waals surface area contributed by atoms with E-state index >= 15 is 0 Å².